The first-order valence-electron chi connectivity index (χ1n) is 6.96. The molecule has 1 aromatic carbocycles. The van der Waals surface area contributed by atoms with Crippen LogP contribution in [0.15, 0.2) is 42.9 Å². The molecule has 0 aliphatic rings. The van der Waals surface area contributed by atoms with Gasteiger partial charge < -0.3 is 4.57 Å². The SMILES string of the molecule is CC(C)C(=O)c1cn(-c2cnn(C(F)F)c2)c2ccccc12. The number of fused-ring (bicyclic) bond motifs is 1. The van der Waals surface area contributed by atoms with Crippen LogP contribution in [-0.4, -0.2) is 20.1 Å². The van der Waals surface area contributed by atoms with Crippen LogP contribution in [0.3, 0.4) is 0 Å². The van der Waals surface area contributed by atoms with Crippen molar-refractivity contribution < 1.29 is 13.6 Å². The van der Waals surface area contributed by atoms with Gasteiger partial charge in [0.15, 0.2) is 5.78 Å². The summed E-state index contributed by atoms with van der Waals surface area (Å²) in [5.41, 5.74) is 1.88. The largest absolute Gasteiger partial charge is 0.333 e. The standard InChI is InChI=1S/C16H15F2N3O/c1-10(2)15(22)13-9-20(14-6-4-3-5-12(13)14)11-7-19-21(8-11)16(17)18/h3-10,16H,1-2H3. The molecule has 0 amide bonds. The molecule has 22 heavy (non-hydrogen) atoms. The molecule has 0 radical (unpaired) electrons. The van der Waals surface area contributed by atoms with Crippen LogP contribution in [0.5, 0.6) is 0 Å². The average molecular weight is 303 g/mol. The molecule has 0 aliphatic carbocycles. The van der Waals surface area contributed by atoms with E-state index in [1.165, 1.54) is 12.4 Å². The van der Waals surface area contributed by atoms with Gasteiger partial charge in [-0.3, -0.25) is 4.79 Å². The molecule has 0 unspecified atom stereocenters. The number of benzene rings is 1. The fourth-order valence-corrected chi connectivity index (χ4v) is 2.46. The molecule has 6 heteroatoms. The van der Waals surface area contributed by atoms with Crippen molar-refractivity contribution in [2.45, 2.75) is 20.4 Å². The maximum Gasteiger partial charge on any atom is 0.333 e. The van der Waals surface area contributed by atoms with Crippen LogP contribution in [-0.2, 0) is 0 Å². The predicted octanol–water partition coefficient (Wildman–Crippen LogP) is 4.06. The van der Waals surface area contributed by atoms with Gasteiger partial charge in [-0.15, -0.1) is 0 Å². The van der Waals surface area contributed by atoms with Crippen LogP contribution in [0.4, 0.5) is 8.78 Å². The molecule has 2 heterocycles. The summed E-state index contributed by atoms with van der Waals surface area (Å²) in [4.78, 5) is 12.4. The van der Waals surface area contributed by atoms with E-state index < -0.39 is 6.55 Å². The Morgan fingerprint density at radius 3 is 2.55 bits per heavy atom. The van der Waals surface area contributed by atoms with Gasteiger partial charge in [0.05, 0.1) is 23.6 Å². The predicted molar refractivity (Wildman–Crippen MR) is 79.5 cm³/mol. The number of halogens is 2. The first-order chi connectivity index (χ1) is 10.5. The van der Waals surface area contributed by atoms with E-state index in [4.69, 9.17) is 0 Å². The lowest BCUT2D eigenvalue weighted by Gasteiger charge is -2.01. The van der Waals surface area contributed by atoms with Gasteiger partial charge in [0.25, 0.3) is 0 Å². The zero-order valence-electron chi connectivity index (χ0n) is 12.2. The number of rotatable bonds is 4. The molecule has 4 nitrogen and oxygen atoms in total. The van der Waals surface area contributed by atoms with Crippen LogP contribution >= 0.6 is 0 Å². The van der Waals surface area contributed by atoms with E-state index in [1.54, 1.807) is 10.8 Å². The van der Waals surface area contributed by atoms with Crippen LogP contribution in [0, 0.1) is 5.92 Å². The highest BCUT2D eigenvalue weighted by Crippen LogP contribution is 2.27. The van der Waals surface area contributed by atoms with Crippen LogP contribution in [0.2, 0.25) is 0 Å². The number of hydrogen-bond donors (Lipinski definition) is 0. The number of nitrogens with zero attached hydrogens (tertiary/aromatic N) is 3. The minimum absolute atomic E-state index is 0.0243. The molecule has 0 spiro atoms. The molecule has 0 saturated heterocycles. The molecule has 114 valence electrons. The van der Waals surface area contributed by atoms with Crippen molar-refractivity contribution in [3.8, 4) is 5.69 Å². The number of ketones is 1. The lowest BCUT2D eigenvalue weighted by molar-refractivity contribution is 0.0566. The van der Waals surface area contributed by atoms with E-state index in [0.717, 1.165) is 10.9 Å². The van der Waals surface area contributed by atoms with Crippen molar-refractivity contribution in [1.82, 2.24) is 14.3 Å². The monoisotopic (exact) mass is 303 g/mol. The van der Waals surface area contributed by atoms with Crippen LogP contribution in [0.25, 0.3) is 16.6 Å². The Balaban J connectivity index is 2.19. The third kappa shape index (κ3) is 2.30. The Kier molecular flexibility index (Phi) is 3.52. The summed E-state index contributed by atoms with van der Waals surface area (Å²) in [6.45, 7) is 0.986. The highest BCUT2D eigenvalue weighted by Gasteiger charge is 2.19. The number of para-hydroxylation sites is 1. The Morgan fingerprint density at radius 2 is 1.91 bits per heavy atom. The van der Waals surface area contributed by atoms with Gasteiger partial charge in [-0.25, -0.2) is 4.68 Å². The lowest BCUT2D eigenvalue weighted by atomic mass is 10.0. The second-order valence-corrected chi connectivity index (χ2v) is 5.41. The molecule has 0 bridgehead atoms. The molecule has 3 aromatic rings. The van der Waals surface area contributed by atoms with E-state index in [9.17, 15) is 13.6 Å². The first kappa shape index (κ1) is 14.4. The van der Waals surface area contributed by atoms with Gasteiger partial charge in [0.1, 0.15) is 0 Å². The smallest absolute Gasteiger partial charge is 0.313 e. The van der Waals surface area contributed by atoms with Gasteiger partial charge in [-0.2, -0.15) is 13.9 Å². The zero-order chi connectivity index (χ0) is 15.9. The molecule has 3 rings (SSSR count). The number of alkyl halides is 2. The number of carbonyl (C=O) groups is 1. The van der Waals surface area contributed by atoms with Crippen LogP contribution < -0.4 is 0 Å². The molecule has 0 fully saturated rings. The number of Topliss-reactive ketones (excluding diaryl/α,β-unsaturated/α-hetero) is 1. The van der Waals surface area contributed by atoms with E-state index in [0.29, 0.717) is 15.9 Å². The van der Waals surface area contributed by atoms with Crippen molar-refractivity contribution in [1.29, 1.82) is 0 Å². The molecule has 0 N–H and O–H groups in total. The highest BCUT2D eigenvalue weighted by molar-refractivity contribution is 6.09. The molecular formula is C16H15F2N3O. The van der Waals surface area contributed by atoms with E-state index in [-0.39, 0.29) is 11.7 Å². The van der Waals surface area contributed by atoms with E-state index in [2.05, 4.69) is 5.10 Å². The fraction of sp³-hybridized carbons (Fsp3) is 0.250. The van der Waals surface area contributed by atoms with Gasteiger partial charge in [-0.05, 0) is 6.07 Å². The summed E-state index contributed by atoms with van der Waals surface area (Å²) >= 11 is 0. The van der Waals surface area contributed by atoms with Crippen molar-refractivity contribution in [3.05, 3.63) is 48.4 Å². The summed E-state index contributed by atoms with van der Waals surface area (Å²) in [6.07, 6.45) is 4.32. The normalized spacial score (nSPS) is 11.7. The van der Waals surface area contributed by atoms with Gasteiger partial charge in [0, 0.05) is 23.1 Å². The minimum Gasteiger partial charge on any atom is -0.313 e. The number of hydrogen-bond acceptors (Lipinski definition) is 2. The quantitative estimate of drug-likeness (QED) is 0.682. The first-order valence-corrected chi connectivity index (χ1v) is 6.96. The Hall–Kier alpha value is -2.50. The van der Waals surface area contributed by atoms with Crippen molar-refractivity contribution in [2.24, 2.45) is 5.92 Å². The fourth-order valence-electron chi connectivity index (χ4n) is 2.46. The lowest BCUT2D eigenvalue weighted by Crippen LogP contribution is -2.06. The number of aromatic nitrogens is 3. The summed E-state index contributed by atoms with van der Waals surface area (Å²) in [5.74, 6) is -0.112. The molecular weight excluding hydrogens is 288 g/mol. The van der Waals surface area contributed by atoms with Gasteiger partial charge in [0.2, 0.25) is 0 Å². The van der Waals surface area contributed by atoms with Crippen molar-refractivity contribution in [3.63, 3.8) is 0 Å². The van der Waals surface area contributed by atoms with Gasteiger partial charge in [-0.1, -0.05) is 32.0 Å². The Bertz CT molecular complexity index is 833. The number of carbonyl (C=O) groups excluding carboxylic acids is 1. The third-order valence-corrected chi connectivity index (χ3v) is 3.57. The zero-order valence-corrected chi connectivity index (χ0v) is 12.2. The second kappa shape index (κ2) is 5.36. The van der Waals surface area contributed by atoms with Crippen molar-refractivity contribution >= 4 is 16.7 Å². The summed E-state index contributed by atoms with van der Waals surface area (Å²) in [7, 11) is 0. The molecule has 0 aliphatic heterocycles. The Labute approximate surface area is 126 Å². The summed E-state index contributed by atoms with van der Waals surface area (Å²) < 4.78 is 27.7. The Morgan fingerprint density at radius 1 is 1.18 bits per heavy atom. The molecule has 0 saturated carbocycles. The second-order valence-electron chi connectivity index (χ2n) is 5.41. The maximum atomic E-state index is 12.7. The molecule has 2 aromatic heterocycles. The van der Waals surface area contributed by atoms with E-state index >= 15 is 0 Å². The minimum atomic E-state index is -2.69. The molecule has 0 atom stereocenters. The maximum absolute atomic E-state index is 12.7. The third-order valence-electron chi connectivity index (χ3n) is 3.57. The highest BCUT2D eigenvalue weighted by atomic mass is 19.3. The average Bonchev–Trinajstić information content (AvgIpc) is 3.11. The summed E-state index contributed by atoms with van der Waals surface area (Å²) in [5, 5.41) is 4.46. The summed E-state index contributed by atoms with van der Waals surface area (Å²) in [6, 6.07) is 7.41. The van der Waals surface area contributed by atoms with Crippen LogP contribution in [0.1, 0.15) is 30.8 Å². The van der Waals surface area contributed by atoms with Crippen molar-refractivity contribution in [2.75, 3.05) is 0 Å². The van der Waals surface area contributed by atoms with E-state index in [1.807, 2.05) is 38.1 Å². The topological polar surface area (TPSA) is 39.8 Å². The van der Waals surface area contributed by atoms with Gasteiger partial charge >= 0.3 is 6.55 Å².